The van der Waals surface area contributed by atoms with Gasteiger partial charge in [-0.25, -0.2) is 0 Å². The van der Waals surface area contributed by atoms with Gasteiger partial charge < -0.3 is 13.3 Å². The van der Waals surface area contributed by atoms with E-state index >= 15 is 0 Å². The first-order valence-corrected chi connectivity index (χ1v) is 5.51. The summed E-state index contributed by atoms with van der Waals surface area (Å²) in [7, 11) is 2.26. The molecule has 0 aliphatic heterocycles. The lowest BCUT2D eigenvalue weighted by molar-refractivity contribution is 0.138. The van der Waals surface area contributed by atoms with Crippen LogP contribution in [0, 0.1) is 0 Å². The van der Waals surface area contributed by atoms with E-state index in [1.165, 1.54) is 0 Å². The summed E-state index contributed by atoms with van der Waals surface area (Å²) in [5.74, 6) is 0. The molecule has 0 spiro atoms. The lowest BCUT2D eigenvalue weighted by Crippen LogP contribution is -2.40. The third-order valence-electron chi connectivity index (χ3n) is 1.46. The lowest BCUT2D eigenvalue weighted by Gasteiger charge is -2.19. The molecule has 70 valence electrons. The van der Waals surface area contributed by atoms with Crippen LogP contribution < -0.4 is 0 Å². The highest BCUT2D eigenvalue weighted by molar-refractivity contribution is 6.66. The van der Waals surface area contributed by atoms with Crippen molar-refractivity contribution in [3.05, 3.63) is 23.9 Å². The Morgan fingerprint density at radius 1 is 0.917 bits per heavy atom. The Kier molecular flexibility index (Phi) is 5.92. The highest BCUT2D eigenvalue weighted by Gasteiger charge is 2.33. The van der Waals surface area contributed by atoms with Gasteiger partial charge in [-0.3, -0.25) is 0 Å². The molecule has 0 bridgehead atoms. The molecule has 0 radical (unpaired) electrons. The molecule has 0 aromatic heterocycles. The van der Waals surface area contributed by atoms with Gasteiger partial charge in [0, 0.05) is 21.3 Å². The van der Waals surface area contributed by atoms with Gasteiger partial charge in [0.1, 0.15) is 0 Å². The normalized spacial score (nSPS) is 13.3. The molecule has 0 saturated heterocycles. The molecule has 3 nitrogen and oxygen atoms in total. The topological polar surface area (TPSA) is 27.7 Å². The molecule has 0 aromatic rings. The second-order valence-electron chi connectivity index (χ2n) is 2.10. The quantitative estimate of drug-likeness (QED) is 0.484. The van der Waals surface area contributed by atoms with Gasteiger partial charge in [0.05, 0.1) is 0 Å². The largest absolute Gasteiger partial charge is 0.528 e. The smallest absolute Gasteiger partial charge is 0.374 e. The fraction of sp³-hybridized carbons (Fsp3) is 0.500. The zero-order chi connectivity index (χ0) is 9.45. The monoisotopic (exact) mass is 188 g/mol. The summed E-state index contributed by atoms with van der Waals surface area (Å²) in [4.78, 5) is 0. The van der Waals surface area contributed by atoms with E-state index in [9.17, 15) is 0 Å². The molecule has 4 heteroatoms. The third kappa shape index (κ3) is 3.32. The van der Waals surface area contributed by atoms with Gasteiger partial charge in [-0.1, -0.05) is 18.2 Å². The van der Waals surface area contributed by atoms with Gasteiger partial charge in [0.25, 0.3) is 0 Å². The fourth-order valence-corrected chi connectivity index (χ4v) is 1.99. The first kappa shape index (κ1) is 11.6. The zero-order valence-electron chi connectivity index (χ0n) is 8.03. The maximum atomic E-state index is 5.16. The molecular formula is C8H16O3Si. The summed E-state index contributed by atoms with van der Waals surface area (Å²) < 4.78 is 15.5. The van der Waals surface area contributed by atoms with Crippen LogP contribution >= 0.6 is 0 Å². The molecule has 0 aliphatic rings. The molecule has 0 aliphatic carbocycles. The highest BCUT2D eigenvalue weighted by atomic mass is 28.4. The summed E-state index contributed by atoms with van der Waals surface area (Å²) >= 11 is 0. The van der Waals surface area contributed by atoms with Crippen LogP contribution in [-0.2, 0) is 13.3 Å². The van der Waals surface area contributed by atoms with Crippen LogP contribution in [0.25, 0.3) is 0 Å². The average molecular weight is 188 g/mol. The van der Waals surface area contributed by atoms with Crippen molar-refractivity contribution in [2.75, 3.05) is 21.3 Å². The number of hydrogen-bond acceptors (Lipinski definition) is 3. The van der Waals surface area contributed by atoms with Gasteiger partial charge in [-0.15, -0.1) is 0 Å². The van der Waals surface area contributed by atoms with Crippen molar-refractivity contribution in [2.24, 2.45) is 0 Å². The van der Waals surface area contributed by atoms with Crippen molar-refractivity contribution in [1.29, 1.82) is 0 Å². The van der Waals surface area contributed by atoms with Crippen molar-refractivity contribution < 1.29 is 13.3 Å². The SMILES string of the molecule is CC=CC=C[Si](OC)(OC)OC. The van der Waals surface area contributed by atoms with Crippen molar-refractivity contribution in [2.45, 2.75) is 6.92 Å². The Bertz CT molecular complexity index is 153. The maximum Gasteiger partial charge on any atom is 0.528 e. The van der Waals surface area contributed by atoms with Crippen LogP contribution in [0.5, 0.6) is 0 Å². The van der Waals surface area contributed by atoms with Gasteiger partial charge in [-0.05, 0) is 12.6 Å². The predicted molar refractivity (Wildman–Crippen MR) is 50.7 cm³/mol. The lowest BCUT2D eigenvalue weighted by atomic mass is 10.5. The Labute approximate surface area is 75.0 Å². The summed E-state index contributed by atoms with van der Waals surface area (Å²) in [5, 5.41) is 0. The predicted octanol–water partition coefficient (Wildman–Crippen LogP) is 1.54. The minimum Gasteiger partial charge on any atom is -0.374 e. The molecule has 0 atom stereocenters. The van der Waals surface area contributed by atoms with Gasteiger partial charge in [0.15, 0.2) is 0 Å². The van der Waals surface area contributed by atoms with Crippen molar-refractivity contribution in [3.8, 4) is 0 Å². The number of hydrogen-bond donors (Lipinski definition) is 0. The molecule has 0 fully saturated rings. The molecular weight excluding hydrogens is 172 g/mol. The van der Waals surface area contributed by atoms with Gasteiger partial charge in [0.2, 0.25) is 0 Å². The van der Waals surface area contributed by atoms with Crippen LogP contribution in [-0.4, -0.2) is 30.1 Å². The second kappa shape index (κ2) is 6.13. The van der Waals surface area contributed by atoms with E-state index in [1.807, 2.05) is 30.9 Å². The summed E-state index contributed by atoms with van der Waals surface area (Å²) in [6.07, 6.45) is 5.69. The summed E-state index contributed by atoms with van der Waals surface area (Å²) in [6, 6.07) is 0. The summed E-state index contributed by atoms with van der Waals surface area (Å²) in [6.45, 7) is 1.94. The molecule has 0 saturated carbocycles. The fourth-order valence-electron chi connectivity index (χ4n) is 0.739. The minimum absolute atomic E-state index is 1.58. The first-order valence-electron chi connectivity index (χ1n) is 3.70. The second-order valence-corrected chi connectivity index (χ2v) is 4.87. The zero-order valence-corrected chi connectivity index (χ0v) is 9.03. The first-order chi connectivity index (χ1) is 5.74. The highest BCUT2D eigenvalue weighted by Crippen LogP contribution is 2.07. The van der Waals surface area contributed by atoms with Crippen LogP contribution in [0.3, 0.4) is 0 Å². The van der Waals surface area contributed by atoms with Crippen LogP contribution in [0.4, 0.5) is 0 Å². The van der Waals surface area contributed by atoms with Crippen molar-refractivity contribution in [1.82, 2.24) is 0 Å². The third-order valence-corrected chi connectivity index (χ3v) is 3.77. The number of allylic oxidation sites excluding steroid dienone is 3. The van der Waals surface area contributed by atoms with E-state index in [1.54, 1.807) is 21.3 Å². The van der Waals surface area contributed by atoms with Gasteiger partial charge >= 0.3 is 8.80 Å². The van der Waals surface area contributed by atoms with Crippen LogP contribution in [0.1, 0.15) is 6.92 Å². The minimum atomic E-state index is -2.49. The molecule has 0 amide bonds. The van der Waals surface area contributed by atoms with Crippen molar-refractivity contribution in [3.63, 3.8) is 0 Å². The van der Waals surface area contributed by atoms with E-state index in [2.05, 4.69) is 0 Å². The van der Waals surface area contributed by atoms with E-state index in [0.29, 0.717) is 0 Å². The Balaban J connectivity index is 4.28. The number of rotatable bonds is 5. The molecule has 0 unspecified atom stereocenters. The Hall–Kier alpha value is -0.423. The molecule has 12 heavy (non-hydrogen) atoms. The average Bonchev–Trinajstić information content (AvgIpc) is 2.14. The van der Waals surface area contributed by atoms with E-state index in [4.69, 9.17) is 13.3 Å². The van der Waals surface area contributed by atoms with Crippen molar-refractivity contribution >= 4 is 8.80 Å². The Morgan fingerprint density at radius 2 is 1.42 bits per heavy atom. The van der Waals surface area contributed by atoms with E-state index in [-0.39, 0.29) is 0 Å². The van der Waals surface area contributed by atoms with Crippen LogP contribution in [0.2, 0.25) is 0 Å². The van der Waals surface area contributed by atoms with Crippen LogP contribution in [0.15, 0.2) is 23.9 Å². The molecule has 0 N–H and O–H groups in total. The molecule has 0 heterocycles. The van der Waals surface area contributed by atoms with E-state index < -0.39 is 8.80 Å². The Morgan fingerprint density at radius 3 is 1.75 bits per heavy atom. The standard InChI is InChI=1S/C8H16O3Si/c1-5-6-7-8-12(9-2,10-3)11-4/h5-8H,1-4H3. The summed E-state index contributed by atoms with van der Waals surface area (Å²) in [5.41, 5.74) is 1.83. The van der Waals surface area contributed by atoms with Gasteiger partial charge in [-0.2, -0.15) is 0 Å². The maximum absolute atomic E-state index is 5.16. The molecule has 0 rings (SSSR count). The molecule has 0 aromatic carbocycles. The van der Waals surface area contributed by atoms with E-state index in [0.717, 1.165) is 0 Å².